The molecule has 0 fully saturated rings. The SMILES string of the molecule is CCC[SiH](C)C(C)(C)O[Si](C)(C)C(C)(C)C(C)(C)CC(C)(C)C. The van der Waals surface area contributed by atoms with E-state index in [1.807, 2.05) is 0 Å². The Balaban J connectivity index is 5.46. The summed E-state index contributed by atoms with van der Waals surface area (Å²) in [6.45, 7) is 31.3. The fourth-order valence-corrected chi connectivity index (χ4v) is 10.6. The van der Waals surface area contributed by atoms with Crippen LogP contribution in [-0.2, 0) is 4.43 Å². The Morgan fingerprint density at radius 3 is 1.65 bits per heavy atom. The third kappa shape index (κ3) is 6.00. The Bertz CT molecular complexity index is 376. The van der Waals surface area contributed by atoms with Gasteiger partial charge in [0.25, 0.3) is 0 Å². The van der Waals surface area contributed by atoms with Crippen LogP contribution in [0.4, 0.5) is 0 Å². The molecule has 0 bridgehead atoms. The van der Waals surface area contributed by atoms with E-state index in [2.05, 4.69) is 88.9 Å². The number of rotatable bonds is 8. The molecule has 1 nitrogen and oxygen atoms in total. The standard InChI is InChI=1S/C20H46OSi2/c1-14-15-22(11)20(9,10)21-23(12,13)19(7,8)18(5,6)16-17(2,3)4/h22H,14-16H2,1-13H3. The van der Waals surface area contributed by atoms with Crippen LogP contribution in [-0.4, -0.2) is 22.3 Å². The average Bonchev–Trinajstić information content (AvgIpc) is 2.23. The molecule has 0 heterocycles. The molecule has 0 aromatic rings. The number of hydrogen-bond acceptors (Lipinski definition) is 1. The van der Waals surface area contributed by atoms with Crippen LogP contribution in [0.15, 0.2) is 0 Å². The van der Waals surface area contributed by atoms with Gasteiger partial charge < -0.3 is 4.43 Å². The molecule has 0 saturated carbocycles. The Hall–Kier alpha value is 0.394. The smallest absolute Gasteiger partial charge is 0.193 e. The maximum Gasteiger partial charge on any atom is 0.193 e. The zero-order valence-electron chi connectivity index (χ0n) is 18.6. The van der Waals surface area contributed by atoms with Gasteiger partial charge in [0.2, 0.25) is 0 Å². The van der Waals surface area contributed by atoms with Gasteiger partial charge in [0.15, 0.2) is 8.32 Å². The molecule has 0 aliphatic heterocycles. The van der Waals surface area contributed by atoms with Gasteiger partial charge in [0, 0.05) is 5.22 Å². The van der Waals surface area contributed by atoms with Gasteiger partial charge in [0.1, 0.15) is 0 Å². The van der Waals surface area contributed by atoms with Crippen LogP contribution < -0.4 is 0 Å². The molecule has 0 saturated heterocycles. The summed E-state index contributed by atoms with van der Waals surface area (Å²) in [6.07, 6.45) is 2.52. The van der Waals surface area contributed by atoms with Crippen molar-refractivity contribution in [3.8, 4) is 0 Å². The van der Waals surface area contributed by atoms with E-state index in [1.165, 1.54) is 18.9 Å². The lowest BCUT2D eigenvalue weighted by Crippen LogP contribution is -2.57. The van der Waals surface area contributed by atoms with Crippen LogP contribution in [0.1, 0.15) is 82.1 Å². The van der Waals surface area contributed by atoms with Gasteiger partial charge in [-0.15, -0.1) is 0 Å². The van der Waals surface area contributed by atoms with E-state index < -0.39 is 17.1 Å². The van der Waals surface area contributed by atoms with E-state index >= 15 is 0 Å². The highest BCUT2D eigenvalue weighted by Gasteiger charge is 2.53. The molecule has 0 N–H and O–H groups in total. The lowest BCUT2D eigenvalue weighted by molar-refractivity contribution is 0.110. The van der Waals surface area contributed by atoms with E-state index in [1.54, 1.807) is 0 Å². The zero-order valence-corrected chi connectivity index (χ0v) is 20.8. The van der Waals surface area contributed by atoms with Crippen molar-refractivity contribution in [2.45, 2.75) is 118 Å². The molecule has 0 aromatic heterocycles. The summed E-state index contributed by atoms with van der Waals surface area (Å²) in [5, 5.41) is 0.325. The Labute approximate surface area is 150 Å². The first-order chi connectivity index (χ1) is 9.90. The van der Waals surface area contributed by atoms with Crippen molar-refractivity contribution in [2.75, 3.05) is 0 Å². The summed E-state index contributed by atoms with van der Waals surface area (Å²) >= 11 is 0. The highest BCUT2D eigenvalue weighted by Crippen LogP contribution is 2.57. The van der Waals surface area contributed by atoms with E-state index in [0.717, 1.165) is 0 Å². The van der Waals surface area contributed by atoms with Crippen LogP contribution in [0.5, 0.6) is 0 Å². The van der Waals surface area contributed by atoms with Crippen molar-refractivity contribution in [1.82, 2.24) is 0 Å². The largest absolute Gasteiger partial charge is 0.415 e. The molecule has 140 valence electrons. The molecule has 0 aromatic carbocycles. The minimum absolute atomic E-state index is 0.0980. The summed E-state index contributed by atoms with van der Waals surface area (Å²) in [5.41, 5.74) is 0.623. The van der Waals surface area contributed by atoms with Gasteiger partial charge in [-0.1, -0.05) is 74.4 Å². The first-order valence-corrected chi connectivity index (χ1v) is 15.1. The summed E-state index contributed by atoms with van der Waals surface area (Å²) in [4.78, 5) is 0. The molecular formula is C20H46OSi2. The monoisotopic (exact) mass is 358 g/mol. The predicted molar refractivity (Wildman–Crippen MR) is 113 cm³/mol. The summed E-state index contributed by atoms with van der Waals surface area (Å²) in [6, 6.07) is 1.38. The van der Waals surface area contributed by atoms with Crippen molar-refractivity contribution in [1.29, 1.82) is 0 Å². The highest BCUT2D eigenvalue weighted by atomic mass is 28.4. The van der Waals surface area contributed by atoms with Crippen LogP contribution in [0.25, 0.3) is 0 Å². The van der Waals surface area contributed by atoms with Crippen molar-refractivity contribution >= 4 is 17.1 Å². The van der Waals surface area contributed by atoms with E-state index in [-0.39, 0.29) is 15.7 Å². The second-order valence-corrected chi connectivity index (χ2v) is 19.4. The van der Waals surface area contributed by atoms with Crippen LogP contribution in [0, 0.1) is 10.8 Å². The molecule has 3 heteroatoms. The average molecular weight is 359 g/mol. The quantitative estimate of drug-likeness (QED) is 0.423. The van der Waals surface area contributed by atoms with Crippen LogP contribution in [0.3, 0.4) is 0 Å². The first kappa shape index (κ1) is 23.4. The van der Waals surface area contributed by atoms with Crippen molar-refractivity contribution in [3.05, 3.63) is 0 Å². The normalized spacial score (nSPS) is 16.6. The topological polar surface area (TPSA) is 9.23 Å². The molecule has 0 radical (unpaired) electrons. The third-order valence-electron chi connectivity index (χ3n) is 6.60. The lowest BCUT2D eigenvalue weighted by atomic mass is 9.69. The van der Waals surface area contributed by atoms with Gasteiger partial charge >= 0.3 is 0 Å². The maximum absolute atomic E-state index is 7.01. The number of hydrogen-bond donors (Lipinski definition) is 0. The highest BCUT2D eigenvalue weighted by molar-refractivity contribution is 6.75. The zero-order chi connectivity index (χ0) is 18.9. The lowest BCUT2D eigenvalue weighted by Gasteiger charge is -2.55. The molecule has 0 amide bonds. The van der Waals surface area contributed by atoms with Gasteiger partial charge in [-0.3, -0.25) is 0 Å². The van der Waals surface area contributed by atoms with Gasteiger partial charge in [-0.2, -0.15) is 0 Å². The fraction of sp³-hybridized carbons (Fsp3) is 1.00. The Kier molecular flexibility index (Phi) is 7.46. The third-order valence-corrected chi connectivity index (χ3v) is 15.5. The van der Waals surface area contributed by atoms with Crippen molar-refractivity contribution in [2.24, 2.45) is 10.8 Å². The van der Waals surface area contributed by atoms with Crippen molar-refractivity contribution < 1.29 is 4.43 Å². The van der Waals surface area contributed by atoms with E-state index in [4.69, 9.17) is 4.43 Å². The van der Waals surface area contributed by atoms with E-state index in [9.17, 15) is 0 Å². The minimum Gasteiger partial charge on any atom is -0.415 e. The molecule has 0 aliphatic rings. The summed E-state index contributed by atoms with van der Waals surface area (Å²) < 4.78 is 7.01. The minimum atomic E-state index is -1.86. The van der Waals surface area contributed by atoms with Gasteiger partial charge in [-0.05, 0) is 49.2 Å². The van der Waals surface area contributed by atoms with Crippen LogP contribution in [0.2, 0.25) is 30.7 Å². The molecule has 0 rings (SSSR count). The molecule has 0 aliphatic carbocycles. The molecule has 1 unspecified atom stereocenters. The molecular weight excluding hydrogens is 312 g/mol. The van der Waals surface area contributed by atoms with Crippen LogP contribution >= 0.6 is 0 Å². The second kappa shape index (κ2) is 7.33. The second-order valence-electron chi connectivity index (χ2n) is 11.2. The predicted octanol–water partition coefficient (Wildman–Crippen LogP) is 7.04. The van der Waals surface area contributed by atoms with Gasteiger partial charge in [-0.25, -0.2) is 0 Å². The first-order valence-electron chi connectivity index (χ1n) is 9.60. The maximum atomic E-state index is 7.01. The van der Waals surface area contributed by atoms with Crippen molar-refractivity contribution in [3.63, 3.8) is 0 Å². The summed E-state index contributed by atoms with van der Waals surface area (Å²) in [7, 11) is -2.73. The molecule has 1 atom stereocenters. The van der Waals surface area contributed by atoms with Gasteiger partial charge in [0.05, 0.1) is 8.80 Å². The molecule has 0 spiro atoms. The Morgan fingerprint density at radius 1 is 0.870 bits per heavy atom. The Morgan fingerprint density at radius 2 is 1.30 bits per heavy atom. The fourth-order valence-electron chi connectivity index (χ4n) is 4.03. The molecule has 23 heavy (non-hydrogen) atoms. The summed E-state index contributed by atoms with van der Waals surface area (Å²) in [5.74, 6) is 0. The van der Waals surface area contributed by atoms with E-state index in [0.29, 0.717) is 5.41 Å².